The number of rotatable bonds is 4. The fourth-order valence-electron chi connectivity index (χ4n) is 3.57. The fraction of sp³-hybridized carbons (Fsp3) is 0.714. The van der Waals surface area contributed by atoms with Crippen molar-refractivity contribution in [3.63, 3.8) is 0 Å². The lowest BCUT2D eigenvalue weighted by Crippen LogP contribution is -2.29. The third-order valence-corrected chi connectivity index (χ3v) is 5.39. The first-order valence-corrected chi connectivity index (χ1v) is 9.42. The van der Waals surface area contributed by atoms with Crippen molar-refractivity contribution in [1.82, 2.24) is 9.78 Å². The predicted molar refractivity (Wildman–Crippen MR) is 82.9 cm³/mol. The molecule has 1 aromatic heterocycles. The number of amides is 1. The molecule has 1 amide bonds. The number of sulfonamides is 1. The molecule has 122 valence electrons. The zero-order chi connectivity index (χ0) is 15.9. The molecule has 2 fully saturated rings. The second-order valence-electron chi connectivity index (χ2n) is 6.43. The maximum absolute atomic E-state index is 12.3. The van der Waals surface area contributed by atoms with Gasteiger partial charge in [-0.3, -0.25) is 9.69 Å². The molecule has 0 spiro atoms. The number of aryl methyl sites for hydroxylation is 1. The normalized spacial score (nSPS) is 23.6. The van der Waals surface area contributed by atoms with E-state index in [-0.39, 0.29) is 24.0 Å². The van der Waals surface area contributed by atoms with E-state index in [4.69, 9.17) is 5.14 Å². The maximum atomic E-state index is 12.3. The van der Waals surface area contributed by atoms with Gasteiger partial charge in [-0.05, 0) is 19.8 Å². The lowest BCUT2D eigenvalue weighted by Gasteiger charge is -2.21. The molecular formula is C14H22N4O3S. The Hall–Kier alpha value is -1.41. The molecule has 0 radical (unpaired) electrons. The number of anilines is 1. The smallest absolute Gasteiger partial charge is 0.228 e. The van der Waals surface area contributed by atoms with Crippen LogP contribution in [0.3, 0.4) is 0 Å². The molecule has 1 saturated carbocycles. The van der Waals surface area contributed by atoms with Crippen LogP contribution in [0.25, 0.3) is 0 Å². The Morgan fingerprint density at radius 2 is 2.05 bits per heavy atom. The van der Waals surface area contributed by atoms with E-state index in [0.717, 1.165) is 24.4 Å². The van der Waals surface area contributed by atoms with Crippen LogP contribution in [0.15, 0.2) is 6.07 Å². The lowest BCUT2D eigenvalue weighted by molar-refractivity contribution is -0.117. The highest BCUT2D eigenvalue weighted by molar-refractivity contribution is 7.89. The SMILES string of the molecule is Cc1cc(N2CC(CS(N)(=O)=O)CC2=O)n(C2CCCC2)n1. The average Bonchev–Trinajstić information content (AvgIpc) is 3.07. The van der Waals surface area contributed by atoms with Gasteiger partial charge in [0.15, 0.2) is 0 Å². The molecule has 1 aromatic rings. The van der Waals surface area contributed by atoms with Crippen LogP contribution in [0.2, 0.25) is 0 Å². The van der Waals surface area contributed by atoms with E-state index in [1.165, 1.54) is 12.8 Å². The van der Waals surface area contributed by atoms with Gasteiger partial charge in [-0.25, -0.2) is 18.2 Å². The Kier molecular flexibility index (Phi) is 3.98. The summed E-state index contributed by atoms with van der Waals surface area (Å²) in [4.78, 5) is 14.0. The molecule has 2 aliphatic rings. The van der Waals surface area contributed by atoms with Gasteiger partial charge >= 0.3 is 0 Å². The quantitative estimate of drug-likeness (QED) is 0.890. The number of nitrogens with zero attached hydrogens (tertiary/aromatic N) is 3. The molecule has 8 heteroatoms. The van der Waals surface area contributed by atoms with Gasteiger partial charge in [-0.2, -0.15) is 5.10 Å². The number of hydrogen-bond acceptors (Lipinski definition) is 4. The first-order valence-electron chi connectivity index (χ1n) is 7.70. The standard InChI is InChI=1S/C14H22N4O3S/c1-10-6-13(18(16-10)12-4-2-3-5-12)17-8-11(7-14(17)19)9-22(15,20)21/h6,11-12H,2-5,7-9H2,1H3,(H2,15,20,21). The highest BCUT2D eigenvalue weighted by atomic mass is 32.2. The number of nitrogens with two attached hydrogens (primary N) is 1. The number of carbonyl (C=O) groups excluding carboxylic acids is 1. The zero-order valence-corrected chi connectivity index (χ0v) is 13.6. The van der Waals surface area contributed by atoms with Crippen LogP contribution in [0.4, 0.5) is 5.82 Å². The van der Waals surface area contributed by atoms with Crippen LogP contribution in [-0.4, -0.2) is 36.4 Å². The minimum Gasteiger partial charge on any atom is -0.297 e. The summed E-state index contributed by atoms with van der Waals surface area (Å²) in [5, 5.41) is 9.65. The Morgan fingerprint density at radius 3 is 2.68 bits per heavy atom. The van der Waals surface area contributed by atoms with Crippen molar-refractivity contribution < 1.29 is 13.2 Å². The molecule has 1 aliphatic carbocycles. The monoisotopic (exact) mass is 326 g/mol. The van der Waals surface area contributed by atoms with Crippen molar-refractivity contribution in [2.24, 2.45) is 11.1 Å². The van der Waals surface area contributed by atoms with Crippen molar-refractivity contribution in [3.8, 4) is 0 Å². The van der Waals surface area contributed by atoms with E-state index in [9.17, 15) is 13.2 Å². The molecule has 3 rings (SSSR count). The molecule has 1 saturated heterocycles. The molecule has 7 nitrogen and oxygen atoms in total. The van der Waals surface area contributed by atoms with Crippen LogP contribution in [0.1, 0.15) is 43.8 Å². The van der Waals surface area contributed by atoms with E-state index < -0.39 is 10.0 Å². The van der Waals surface area contributed by atoms with Crippen molar-refractivity contribution in [2.75, 3.05) is 17.2 Å². The van der Waals surface area contributed by atoms with Crippen molar-refractivity contribution in [3.05, 3.63) is 11.8 Å². The van der Waals surface area contributed by atoms with Crippen molar-refractivity contribution >= 4 is 21.7 Å². The van der Waals surface area contributed by atoms with Crippen molar-refractivity contribution in [1.29, 1.82) is 0 Å². The highest BCUT2D eigenvalue weighted by Crippen LogP contribution is 2.35. The van der Waals surface area contributed by atoms with Crippen LogP contribution >= 0.6 is 0 Å². The van der Waals surface area contributed by atoms with Gasteiger partial charge in [0.25, 0.3) is 0 Å². The Bertz CT molecular complexity index is 676. The molecular weight excluding hydrogens is 304 g/mol. The maximum Gasteiger partial charge on any atom is 0.228 e. The predicted octanol–water partition coefficient (Wildman–Crippen LogP) is 0.948. The molecule has 2 heterocycles. The van der Waals surface area contributed by atoms with Gasteiger partial charge in [0.1, 0.15) is 5.82 Å². The Balaban J connectivity index is 1.83. The second-order valence-corrected chi connectivity index (χ2v) is 8.09. The van der Waals surface area contributed by atoms with Gasteiger partial charge in [0.05, 0.1) is 17.5 Å². The lowest BCUT2D eigenvalue weighted by atomic mass is 10.1. The van der Waals surface area contributed by atoms with E-state index in [2.05, 4.69) is 5.10 Å². The van der Waals surface area contributed by atoms with Gasteiger partial charge in [0.2, 0.25) is 15.9 Å². The third-order valence-electron chi connectivity index (χ3n) is 4.46. The summed E-state index contributed by atoms with van der Waals surface area (Å²) in [6, 6.07) is 2.25. The van der Waals surface area contributed by atoms with Crippen LogP contribution in [0.5, 0.6) is 0 Å². The van der Waals surface area contributed by atoms with Gasteiger partial charge < -0.3 is 0 Å². The van der Waals surface area contributed by atoms with Gasteiger partial charge in [-0.1, -0.05) is 12.8 Å². The highest BCUT2D eigenvalue weighted by Gasteiger charge is 2.35. The van der Waals surface area contributed by atoms with E-state index >= 15 is 0 Å². The molecule has 1 atom stereocenters. The van der Waals surface area contributed by atoms with E-state index in [1.54, 1.807) is 4.90 Å². The average molecular weight is 326 g/mol. The summed E-state index contributed by atoms with van der Waals surface area (Å²) in [5.74, 6) is 0.361. The van der Waals surface area contributed by atoms with Crippen LogP contribution in [-0.2, 0) is 14.8 Å². The van der Waals surface area contributed by atoms with Gasteiger partial charge in [-0.15, -0.1) is 0 Å². The molecule has 0 aromatic carbocycles. The molecule has 1 aliphatic heterocycles. The summed E-state index contributed by atoms with van der Waals surface area (Å²) in [7, 11) is -3.56. The molecule has 2 N–H and O–H groups in total. The number of aromatic nitrogens is 2. The van der Waals surface area contributed by atoms with Crippen molar-refractivity contribution in [2.45, 2.75) is 45.1 Å². The first kappa shape index (κ1) is 15.5. The molecule has 22 heavy (non-hydrogen) atoms. The topological polar surface area (TPSA) is 98.3 Å². The Labute approximate surface area is 130 Å². The zero-order valence-electron chi connectivity index (χ0n) is 12.7. The summed E-state index contributed by atoms with van der Waals surface area (Å²) in [6.45, 7) is 2.31. The minimum absolute atomic E-state index is 0.0483. The summed E-state index contributed by atoms with van der Waals surface area (Å²) in [5.41, 5.74) is 0.879. The second kappa shape index (κ2) is 5.66. The van der Waals surface area contributed by atoms with Gasteiger partial charge in [0, 0.05) is 24.9 Å². The number of hydrogen-bond donors (Lipinski definition) is 1. The van der Waals surface area contributed by atoms with E-state index in [1.807, 2.05) is 17.7 Å². The summed E-state index contributed by atoms with van der Waals surface area (Å²) in [6.07, 6.45) is 4.76. The summed E-state index contributed by atoms with van der Waals surface area (Å²) < 4.78 is 24.5. The number of primary sulfonamides is 1. The fourth-order valence-corrected chi connectivity index (χ4v) is 4.45. The third kappa shape index (κ3) is 3.17. The Morgan fingerprint density at radius 1 is 1.36 bits per heavy atom. The van der Waals surface area contributed by atoms with Crippen LogP contribution < -0.4 is 10.0 Å². The molecule has 0 bridgehead atoms. The first-order chi connectivity index (χ1) is 10.3. The van der Waals surface area contributed by atoms with Crippen LogP contribution in [0, 0.1) is 12.8 Å². The minimum atomic E-state index is -3.56. The summed E-state index contributed by atoms with van der Waals surface area (Å²) >= 11 is 0. The van der Waals surface area contributed by atoms with E-state index in [0.29, 0.717) is 12.6 Å². The largest absolute Gasteiger partial charge is 0.297 e. The number of carbonyl (C=O) groups is 1. The molecule has 1 unspecified atom stereocenters.